The average Bonchev–Trinajstić information content (AvgIpc) is 2.70. The van der Waals surface area contributed by atoms with Gasteiger partial charge in [0.2, 0.25) is 5.91 Å². The summed E-state index contributed by atoms with van der Waals surface area (Å²) < 4.78 is 18.5. The Morgan fingerprint density at radius 1 is 1.07 bits per heavy atom. The third-order valence-corrected chi connectivity index (χ3v) is 4.87. The van der Waals surface area contributed by atoms with Crippen molar-refractivity contribution in [2.75, 3.05) is 26.0 Å². The molecule has 1 amide bonds. The van der Waals surface area contributed by atoms with Gasteiger partial charge in [0, 0.05) is 5.69 Å². The molecule has 0 spiro atoms. The van der Waals surface area contributed by atoms with Gasteiger partial charge in [-0.05, 0) is 48.5 Å². The second-order valence-electron chi connectivity index (χ2n) is 6.68. The van der Waals surface area contributed by atoms with Crippen molar-refractivity contribution in [3.05, 3.63) is 94.8 Å². The lowest BCUT2D eigenvalue weighted by Gasteiger charge is -2.28. The molecular weight excluding hydrogens is 391 g/mol. The summed E-state index contributed by atoms with van der Waals surface area (Å²) in [5, 5.41) is 3.27. The van der Waals surface area contributed by atoms with E-state index in [-0.39, 0.29) is 24.3 Å². The van der Waals surface area contributed by atoms with Gasteiger partial charge in [-0.1, -0.05) is 54.1 Å². The summed E-state index contributed by atoms with van der Waals surface area (Å²) >= 11 is 6.12. The third-order valence-electron chi connectivity index (χ3n) is 4.57. The molecule has 3 aromatic carbocycles. The molecule has 0 unspecified atom stereocenters. The van der Waals surface area contributed by atoms with E-state index in [1.54, 1.807) is 30.3 Å². The van der Waals surface area contributed by atoms with E-state index in [1.807, 2.05) is 42.3 Å². The van der Waals surface area contributed by atoms with Gasteiger partial charge < -0.3 is 10.1 Å². The highest BCUT2D eigenvalue weighted by Crippen LogP contribution is 2.29. The van der Waals surface area contributed by atoms with Crippen LogP contribution in [0.3, 0.4) is 0 Å². The minimum Gasteiger partial charge on any atom is -0.495 e. The van der Waals surface area contributed by atoms with E-state index in [1.165, 1.54) is 19.2 Å². The Hall–Kier alpha value is -2.89. The molecule has 29 heavy (non-hydrogen) atoms. The van der Waals surface area contributed by atoms with E-state index < -0.39 is 0 Å². The molecule has 0 aliphatic heterocycles. The Labute approximate surface area is 174 Å². The number of nitrogens with zero attached hydrogens (tertiary/aromatic N) is 1. The van der Waals surface area contributed by atoms with Crippen molar-refractivity contribution in [1.29, 1.82) is 0 Å². The Morgan fingerprint density at radius 2 is 1.72 bits per heavy atom. The number of anilines is 1. The summed E-state index contributed by atoms with van der Waals surface area (Å²) in [5.74, 6) is 0.0661. The first-order valence-corrected chi connectivity index (χ1v) is 9.50. The second-order valence-corrected chi connectivity index (χ2v) is 7.08. The van der Waals surface area contributed by atoms with Gasteiger partial charge >= 0.3 is 0 Å². The SMILES string of the molecule is COc1ccc(NC(=O)CN(C)[C@H](c2ccccc2)c2ccc(F)cc2)cc1Cl. The van der Waals surface area contributed by atoms with Crippen LogP contribution in [0.5, 0.6) is 5.75 Å². The molecule has 0 aliphatic rings. The largest absolute Gasteiger partial charge is 0.495 e. The predicted octanol–water partition coefficient (Wildman–Crippen LogP) is 5.15. The van der Waals surface area contributed by atoms with E-state index in [0.29, 0.717) is 16.5 Å². The van der Waals surface area contributed by atoms with Crippen LogP contribution in [0, 0.1) is 5.82 Å². The van der Waals surface area contributed by atoms with Gasteiger partial charge in [0.1, 0.15) is 11.6 Å². The maximum atomic E-state index is 13.4. The van der Waals surface area contributed by atoms with Crippen molar-refractivity contribution < 1.29 is 13.9 Å². The van der Waals surface area contributed by atoms with Crippen molar-refractivity contribution >= 4 is 23.2 Å². The summed E-state index contributed by atoms with van der Waals surface area (Å²) in [6.07, 6.45) is 0. The van der Waals surface area contributed by atoms with Gasteiger partial charge in [-0.2, -0.15) is 0 Å². The van der Waals surface area contributed by atoms with Gasteiger partial charge in [0.25, 0.3) is 0 Å². The molecule has 0 saturated carbocycles. The van der Waals surface area contributed by atoms with E-state index in [0.717, 1.165) is 11.1 Å². The summed E-state index contributed by atoms with van der Waals surface area (Å²) in [4.78, 5) is 14.5. The molecule has 3 rings (SSSR count). The zero-order valence-electron chi connectivity index (χ0n) is 16.2. The maximum Gasteiger partial charge on any atom is 0.238 e. The normalized spacial score (nSPS) is 11.9. The molecule has 0 saturated heterocycles. The fourth-order valence-corrected chi connectivity index (χ4v) is 3.50. The maximum absolute atomic E-state index is 13.4. The quantitative estimate of drug-likeness (QED) is 0.583. The molecule has 4 nitrogen and oxygen atoms in total. The molecule has 0 radical (unpaired) electrons. The lowest BCUT2D eigenvalue weighted by molar-refractivity contribution is -0.117. The van der Waals surface area contributed by atoms with Crippen molar-refractivity contribution in [3.63, 3.8) is 0 Å². The lowest BCUT2D eigenvalue weighted by Crippen LogP contribution is -2.34. The Morgan fingerprint density at radius 3 is 2.34 bits per heavy atom. The molecule has 0 fully saturated rings. The van der Waals surface area contributed by atoms with Crippen molar-refractivity contribution in [1.82, 2.24) is 4.90 Å². The molecule has 1 atom stereocenters. The van der Waals surface area contributed by atoms with Crippen LogP contribution in [0.25, 0.3) is 0 Å². The summed E-state index contributed by atoms with van der Waals surface area (Å²) in [6, 6.07) is 21.0. The fraction of sp³-hybridized carbons (Fsp3) is 0.174. The summed E-state index contributed by atoms with van der Waals surface area (Å²) in [7, 11) is 3.40. The van der Waals surface area contributed by atoms with Crippen LogP contribution in [0.2, 0.25) is 5.02 Å². The number of carbonyl (C=O) groups is 1. The molecule has 0 bridgehead atoms. The fourth-order valence-electron chi connectivity index (χ4n) is 3.24. The highest BCUT2D eigenvalue weighted by Gasteiger charge is 2.21. The number of hydrogen-bond acceptors (Lipinski definition) is 3. The molecule has 0 aromatic heterocycles. The van der Waals surface area contributed by atoms with Crippen LogP contribution < -0.4 is 10.1 Å². The zero-order valence-corrected chi connectivity index (χ0v) is 17.0. The Bertz CT molecular complexity index is 964. The topological polar surface area (TPSA) is 41.6 Å². The first-order valence-electron chi connectivity index (χ1n) is 9.12. The zero-order chi connectivity index (χ0) is 20.8. The van der Waals surface area contributed by atoms with Crippen molar-refractivity contribution in [2.24, 2.45) is 0 Å². The van der Waals surface area contributed by atoms with E-state index in [9.17, 15) is 9.18 Å². The molecular formula is C23H22ClFN2O2. The standard InChI is InChI=1S/C23H22ClFN2O2/c1-27(15-22(28)26-19-12-13-21(29-2)20(24)14-19)23(16-6-4-3-5-7-16)17-8-10-18(25)11-9-17/h3-14,23H,15H2,1-2H3,(H,26,28)/t23-/m1/s1. The number of likely N-dealkylation sites (N-methyl/N-ethyl adjacent to an activating group) is 1. The van der Waals surface area contributed by atoms with Gasteiger partial charge in [0.05, 0.1) is 24.7 Å². The van der Waals surface area contributed by atoms with E-state index in [2.05, 4.69) is 5.32 Å². The number of hydrogen-bond donors (Lipinski definition) is 1. The number of carbonyl (C=O) groups excluding carboxylic acids is 1. The molecule has 0 heterocycles. The number of ether oxygens (including phenoxy) is 1. The lowest BCUT2D eigenvalue weighted by atomic mass is 9.97. The number of amides is 1. The minimum absolute atomic E-state index is 0.139. The smallest absolute Gasteiger partial charge is 0.238 e. The molecule has 6 heteroatoms. The second kappa shape index (κ2) is 9.54. The number of halogens is 2. The molecule has 0 aliphatic carbocycles. The monoisotopic (exact) mass is 412 g/mol. The minimum atomic E-state index is -0.294. The number of methoxy groups -OCH3 is 1. The number of nitrogens with one attached hydrogen (secondary N) is 1. The first-order chi connectivity index (χ1) is 14.0. The van der Waals surface area contributed by atoms with Crippen LogP contribution in [0.15, 0.2) is 72.8 Å². The van der Waals surface area contributed by atoms with Crippen LogP contribution in [-0.4, -0.2) is 31.5 Å². The van der Waals surface area contributed by atoms with Crippen LogP contribution in [-0.2, 0) is 4.79 Å². The van der Waals surface area contributed by atoms with E-state index >= 15 is 0 Å². The number of rotatable bonds is 7. The van der Waals surface area contributed by atoms with Gasteiger partial charge in [-0.15, -0.1) is 0 Å². The molecule has 150 valence electrons. The van der Waals surface area contributed by atoms with Crippen molar-refractivity contribution in [3.8, 4) is 5.75 Å². The highest BCUT2D eigenvalue weighted by atomic mass is 35.5. The predicted molar refractivity (Wildman–Crippen MR) is 114 cm³/mol. The van der Waals surface area contributed by atoms with E-state index in [4.69, 9.17) is 16.3 Å². The number of benzene rings is 3. The van der Waals surface area contributed by atoms with Gasteiger partial charge in [0.15, 0.2) is 0 Å². The first kappa shape index (κ1) is 20.8. The molecule has 1 N–H and O–H groups in total. The summed E-state index contributed by atoms with van der Waals surface area (Å²) in [6.45, 7) is 0.139. The van der Waals surface area contributed by atoms with Crippen LogP contribution >= 0.6 is 11.6 Å². The van der Waals surface area contributed by atoms with Gasteiger partial charge in [-0.25, -0.2) is 4.39 Å². The van der Waals surface area contributed by atoms with Crippen LogP contribution in [0.4, 0.5) is 10.1 Å². The Kier molecular flexibility index (Phi) is 6.86. The average molecular weight is 413 g/mol. The molecule has 3 aromatic rings. The van der Waals surface area contributed by atoms with Crippen LogP contribution in [0.1, 0.15) is 17.2 Å². The Balaban J connectivity index is 1.77. The summed E-state index contributed by atoms with van der Waals surface area (Å²) in [5.41, 5.74) is 2.51. The van der Waals surface area contributed by atoms with Gasteiger partial charge in [-0.3, -0.25) is 9.69 Å². The third kappa shape index (κ3) is 5.34. The van der Waals surface area contributed by atoms with Crippen molar-refractivity contribution in [2.45, 2.75) is 6.04 Å². The highest BCUT2D eigenvalue weighted by molar-refractivity contribution is 6.32.